The van der Waals surface area contributed by atoms with Crippen LogP contribution >= 0.6 is 0 Å². The molecule has 0 unspecified atom stereocenters. The number of para-hydroxylation sites is 3. The average molecular weight is 745 g/mol. The summed E-state index contributed by atoms with van der Waals surface area (Å²) < 4.78 is 15.3. The van der Waals surface area contributed by atoms with E-state index in [2.05, 4.69) is 191 Å². The van der Waals surface area contributed by atoms with Crippen LogP contribution in [0.15, 0.2) is 218 Å². The lowest BCUT2D eigenvalue weighted by Gasteiger charge is -2.26. The Hall–Kier alpha value is -7.82. The Morgan fingerprint density at radius 1 is 0.328 bits per heavy atom. The Labute approximate surface area is 337 Å². The van der Waals surface area contributed by atoms with Gasteiger partial charge in [0.2, 0.25) is 0 Å². The Bertz CT molecular complexity index is 2980. The highest BCUT2D eigenvalue weighted by Gasteiger charge is 2.26. The molecule has 0 saturated heterocycles. The number of fused-ring (bicyclic) bond motifs is 6. The highest BCUT2D eigenvalue weighted by Crippen LogP contribution is 2.51. The number of anilines is 3. The van der Waals surface area contributed by atoms with Crippen LogP contribution in [-0.4, -0.2) is 4.57 Å². The molecular weight excluding hydrogens is 709 g/mol. The van der Waals surface area contributed by atoms with Gasteiger partial charge in [-0.25, -0.2) is 0 Å². The van der Waals surface area contributed by atoms with Gasteiger partial charge in [0.05, 0.1) is 5.52 Å². The molecule has 4 heteroatoms. The molecular formula is C54H36N2O2. The Morgan fingerprint density at radius 2 is 0.759 bits per heavy atom. The minimum absolute atomic E-state index is 0.705. The quantitative estimate of drug-likeness (QED) is 0.163. The van der Waals surface area contributed by atoms with E-state index in [0.717, 1.165) is 67.2 Å². The maximum absolute atomic E-state index is 6.61. The summed E-state index contributed by atoms with van der Waals surface area (Å²) in [6.45, 7) is 0. The molecule has 4 nitrogen and oxygen atoms in total. The first-order chi connectivity index (χ1) is 28.7. The standard InChI is InChI=1S/C54H36N2O2/c1-4-12-37(13-5-1)39-20-27-44(28-21-39)55(45-29-22-40(23-30-45)38-14-6-2-7-15-38)46-31-24-41(25-32-46)42-26-33-47-48-34-35-52-54(58-51-19-11-10-18-50(51)57-52)53(48)56(49(47)36-42)43-16-8-3-9-17-43/h1-36H. The third kappa shape index (κ3) is 5.87. The fraction of sp³-hybridized carbons (Fsp3) is 0. The van der Waals surface area contributed by atoms with Crippen LogP contribution in [0.1, 0.15) is 0 Å². The first-order valence-electron chi connectivity index (χ1n) is 19.6. The molecule has 10 aromatic rings. The van der Waals surface area contributed by atoms with Crippen molar-refractivity contribution in [1.82, 2.24) is 4.57 Å². The van der Waals surface area contributed by atoms with Crippen molar-refractivity contribution in [3.63, 3.8) is 0 Å². The number of ether oxygens (including phenoxy) is 2. The summed E-state index contributed by atoms with van der Waals surface area (Å²) in [5, 5.41) is 2.25. The van der Waals surface area contributed by atoms with Crippen LogP contribution in [-0.2, 0) is 0 Å². The minimum atomic E-state index is 0.705. The summed E-state index contributed by atoms with van der Waals surface area (Å²) in [4.78, 5) is 2.33. The third-order valence-corrected chi connectivity index (χ3v) is 11.1. The van der Waals surface area contributed by atoms with E-state index in [1.165, 1.54) is 22.3 Å². The Kier molecular flexibility index (Phi) is 8.11. The third-order valence-electron chi connectivity index (χ3n) is 11.1. The maximum atomic E-state index is 6.61. The van der Waals surface area contributed by atoms with E-state index in [0.29, 0.717) is 11.5 Å². The summed E-state index contributed by atoms with van der Waals surface area (Å²) in [7, 11) is 0. The molecule has 0 N–H and O–H groups in total. The summed E-state index contributed by atoms with van der Waals surface area (Å²) in [6, 6.07) is 76.9. The van der Waals surface area contributed by atoms with Crippen LogP contribution in [0.2, 0.25) is 0 Å². The molecule has 0 fully saturated rings. The zero-order valence-electron chi connectivity index (χ0n) is 31.5. The highest BCUT2D eigenvalue weighted by atomic mass is 16.6. The smallest absolute Gasteiger partial charge is 0.194 e. The first kappa shape index (κ1) is 33.5. The summed E-state index contributed by atoms with van der Waals surface area (Å²) in [5.74, 6) is 2.85. The largest absolute Gasteiger partial charge is 0.449 e. The average Bonchev–Trinajstić information content (AvgIpc) is 3.64. The molecule has 0 radical (unpaired) electrons. The Morgan fingerprint density at radius 3 is 1.31 bits per heavy atom. The maximum Gasteiger partial charge on any atom is 0.194 e. The predicted molar refractivity (Wildman–Crippen MR) is 238 cm³/mol. The number of hydrogen-bond acceptors (Lipinski definition) is 3. The van der Waals surface area contributed by atoms with Crippen molar-refractivity contribution < 1.29 is 9.47 Å². The van der Waals surface area contributed by atoms with Crippen LogP contribution in [0.5, 0.6) is 23.0 Å². The van der Waals surface area contributed by atoms with Crippen molar-refractivity contribution in [3.8, 4) is 62.1 Å². The normalized spacial score (nSPS) is 11.7. The van der Waals surface area contributed by atoms with E-state index in [-0.39, 0.29) is 0 Å². The molecule has 0 atom stereocenters. The van der Waals surface area contributed by atoms with E-state index in [1.54, 1.807) is 0 Å². The second-order valence-corrected chi connectivity index (χ2v) is 14.6. The van der Waals surface area contributed by atoms with E-state index < -0.39 is 0 Å². The van der Waals surface area contributed by atoms with Gasteiger partial charge in [-0.05, 0) is 112 Å². The molecule has 1 aliphatic heterocycles. The first-order valence-corrected chi connectivity index (χ1v) is 19.6. The van der Waals surface area contributed by atoms with Crippen molar-refractivity contribution in [1.29, 1.82) is 0 Å². The lowest BCUT2D eigenvalue weighted by Crippen LogP contribution is -2.09. The molecule has 2 heterocycles. The number of aromatic nitrogens is 1. The molecule has 58 heavy (non-hydrogen) atoms. The van der Waals surface area contributed by atoms with Crippen LogP contribution in [0.4, 0.5) is 17.1 Å². The summed E-state index contributed by atoms with van der Waals surface area (Å²) in [6.07, 6.45) is 0. The molecule has 0 saturated carbocycles. The Balaban J connectivity index is 1.00. The fourth-order valence-corrected chi connectivity index (χ4v) is 8.23. The van der Waals surface area contributed by atoms with Crippen LogP contribution in [0, 0.1) is 0 Å². The lowest BCUT2D eigenvalue weighted by molar-refractivity contribution is 0.362. The van der Waals surface area contributed by atoms with Gasteiger partial charge in [0, 0.05) is 33.5 Å². The molecule has 11 rings (SSSR count). The fourth-order valence-electron chi connectivity index (χ4n) is 8.23. The van der Waals surface area contributed by atoms with Gasteiger partial charge in [-0.3, -0.25) is 0 Å². The highest BCUT2D eigenvalue weighted by molar-refractivity contribution is 6.13. The number of benzene rings is 9. The zero-order valence-corrected chi connectivity index (χ0v) is 31.5. The summed E-state index contributed by atoms with van der Waals surface area (Å²) in [5.41, 5.74) is 13.4. The van der Waals surface area contributed by atoms with E-state index in [4.69, 9.17) is 9.47 Å². The van der Waals surface area contributed by atoms with Crippen LogP contribution in [0.25, 0.3) is 60.9 Å². The minimum Gasteiger partial charge on any atom is -0.449 e. The van der Waals surface area contributed by atoms with Gasteiger partial charge in [0.15, 0.2) is 23.0 Å². The van der Waals surface area contributed by atoms with E-state index >= 15 is 0 Å². The molecule has 9 aromatic carbocycles. The van der Waals surface area contributed by atoms with Crippen molar-refractivity contribution in [3.05, 3.63) is 218 Å². The van der Waals surface area contributed by atoms with Gasteiger partial charge >= 0.3 is 0 Å². The van der Waals surface area contributed by atoms with Crippen LogP contribution in [0.3, 0.4) is 0 Å². The second-order valence-electron chi connectivity index (χ2n) is 14.6. The van der Waals surface area contributed by atoms with E-state index in [9.17, 15) is 0 Å². The number of rotatable bonds is 7. The van der Waals surface area contributed by atoms with Crippen LogP contribution < -0.4 is 14.4 Å². The van der Waals surface area contributed by atoms with Crippen molar-refractivity contribution >= 4 is 38.9 Å². The predicted octanol–water partition coefficient (Wildman–Crippen LogP) is 15.2. The van der Waals surface area contributed by atoms with Gasteiger partial charge in [-0.15, -0.1) is 0 Å². The van der Waals surface area contributed by atoms with Crippen molar-refractivity contribution in [2.75, 3.05) is 4.90 Å². The molecule has 1 aromatic heterocycles. The van der Waals surface area contributed by atoms with Crippen molar-refractivity contribution in [2.45, 2.75) is 0 Å². The van der Waals surface area contributed by atoms with Crippen molar-refractivity contribution in [2.24, 2.45) is 0 Å². The van der Waals surface area contributed by atoms with Gasteiger partial charge in [0.1, 0.15) is 5.52 Å². The SMILES string of the molecule is c1ccc(-c2ccc(N(c3ccc(-c4ccccc4)cc3)c3ccc(-c4ccc5c6ccc7c(c6n(-c6ccccc6)c5c4)Oc4ccccc4O7)cc3)cc2)cc1. The molecule has 0 spiro atoms. The monoisotopic (exact) mass is 744 g/mol. The summed E-state index contributed by atoms with van der Waals surface area (Å²) >= 11 is 0. The molecule has 0 amide bonds. The van der Waals surface area contributed by atoms with Gasteiger partial charge < -0.3 is 18.9 Å². The second kappa shape index (κ2) is 14.0. The topological polar surface area (TPSA) is 26.6 Å². The van der Waals surface area contributed by atoms with Gasteiger partial charge in [-0.2, -0.15) is 0 Å². The molecule has 274 valence electrons. The number of nitrogens with zero attached hydrogens (tertiary/aromatic N) is 2. The molecule has 0 bridgehead atoms. The van der Waals surface area contributed by atoms with Gasteiger partial charge in [0.25, 0.3) is 0 Å². The molecule has 0 aliphatic carbocycles. The lowest BCUT2D eigenvalue weighted by atomic mass is 10.0. The zero-order chi connectivity index (χ0) is 38.4. The number of hydrogen-bond donors (Lipinski definition) is 0. The molecule has 1 aliphatic rings. The van der Waals surface area contributed by atoms with E-state index in [1.807, 2.05) is 36.4 Å². The van der Waals surface area contributed by atoms with Gasteiger partial charge in [-0.1, -0.05) is 140 Å².